The van der Waals surface area contributed by atoms with Crippen molar-refractivity contribution in [2.75, 3.05) is 13.6 Å². The lowest BCUT2D eigenvalue weighted by molar-refractivity contribution is -0.193. The van der Waals surface area contributed by atoms with Crippen LogP contribution in [0.2, 0.25) is 0 Å². The second kappa shape index (κ2) is 13.8. The topological polar surface area (TPSA) is 187 Å². The summed E-state index contributed by atoms with van der Waals surface area (Å²) in [6.45, 7) is 0.260. The molecule has 1 heterocycles. The number of nitrogens with zero attached hydrogens (tertiary/aromatic N) is 1. The van der Waals surface area contributed by atoms with E-state index in [-0.39, 0.29) is 24.8 Å². The number of H-pyrrole nitrogens is 1. The van der Waals surface area contributed by atoms with E-state index in [1.165, 1.54) is 13.4 Å². The Morgan fingerprint density at radius 3 is 1.84 bits per heavy atom. The van der Waals surface area contributed by atoms with Gasteiger partial charge in [-0.05, 0) is 0 Å². The van der Waals surface area contributed by atoms with E-state index in [1.54, 1.807) is 6.20 Å². The number of nitrogens with one attached hydrogen (secondary N) is 3. The van der Waals surface area contributed by atoms with Crippen molar-refractivity contribution in [3.63, 3.8) is 0 Å². The maximum Gasteiger partial charge on any atom is 0.490 e. The van der Waals surface area contributed by atoms with Crippen molar-refractivity contribution in [3.8, 4) is 0 Å². The van der Waals surface area contributed by atoms with Crippen molar-refractivity contribution in [2.45, 2.75) is 31.2 Å². The Bertz CT molecular complexity index is 684. The first-order valence-electron chi connectivity index (χ1n) is 7.84. The third kappa shape index (κ3) is 15.2. The number of hydrogen-bond acceptors (Lipinski definition) is 6. The van der Waals surface area contributed by atoms with E-state index in [1.807, 2.05) is 0 Å². The molecule has 1 rings (SSSR count). The third-order valence-corrected chi connectivity index (χ3v) is 2.73. The molecule has 7 N–H and O–H groups in total. The number of amides is 2. The lowest BCUT2D eigenvalue weighted by Gasteiger charge is -2.16. The molecule has 1 aromatic rings. The first-order valence-corrected chi connectivity index (χ1v) is 7.84. The van der Waals surface area contributed by atoms with Crippen LogP contribution in [0, 0.1) is 0 Å². The molecular weight excluding hydrogens is 448 g/mol. The van der Waals surface area contributed by atoms with Crippen LogP contribution in [0.25, 0.3) is 0 Å². The lowest BCUT2D eigenvalue weighted by atomic mass is 10.1. The molecule has 31 heavy (non-hydrogen) atoms. The predicted octanol–water partition coefficient (Wildman–Crippen LogP) is -0.202. The smallest absolute Gasteiger partial charge is 0.475 e. The zero-order chi connectivity index (χ0) is 24.8. The highest BCUT2D eigenvalue weighted by Crippen LogP contribution is 2.13. The summed E-state index contributed by atoms with van der Waals surface area (Å²) in [4.78, 5) is 47.5. The number of aliphatic carboxylic acids is 2. The number of halogens is 6. The maximum atomic E-state index is 11.6. The Kier molecular flexibility index (Phi) is 13.3. The lowest BCUT2D eigenvalue weighted by Crippen LogP contribution is -2.47. The number of rotatable bonds is 6. The average Bonchev–Trinajstić information content (AvgIpc) is 3.13. The number of likely N-dealkylation sites (N-methyl/N-ethyl adjacent to an activating group) is 1. The van der Waals surface area contributed by atoms with Gasteiger partial charge in [0.1, 0.15) is 6.04 Å². The molecule has 0 bridgehead atoms. The molecule has 0 fully saturated rings. The van der Waals surface area contributed by atoms with Gasteiger partial charge in [-0.1, -0.05) is 0 Å². The van der Waals surface area contributed by atoms with E-state index in [2.05, 4.69) is 20.6 Å². The zero-order valence-corrected chi connectivity index (χ0v) is 15.7. The number of hydrogen-bond donors (Lipinski definition) is 6. The standard InChI is InChI=1S/C10H17N5O2.2C2HF3O2/c1-12-10(17)8(15-9(16)2-3-11)4-7-5-13-6-14-7;2*3-2(4,5)1(6)7/h5-6,8H,2-4,11H2,1H3,(H,12,17)(H,13,14)(H,15,16);2*(H,6,7)/t8-;;/m0../s1. The minimum atomic E-state index is -5.08. The van der Waals surface area contributed by atoms with Crippen LogP contribution < -0.4 is 16.4 Å². The van der Waals surface area contributed by atoms with E-state index in [9.17, 15) is 35.9 Å². The number of aromatic amines is 1. The second-order valence-electron chi connectivity index (χ2n) is 5.16. The average molecular weight is 467 g/mol. The second-order valence-corrected chi connectivity index (χ2v) is 5.16. The van der Waals surface area contributed by atoms with E-state index in [4.69, 9.17) is 25.5 Å². The molecule has 0 aliphatic heterocycles. The van der Waals surface area contributed by atoms with Gasteiger partial charge in [0.05, 0.1) is 6.33 Å². The molecule has 178 valence electrons. The molecule has 17 heteroatoms. The van der Waals surface area contributed by atoms with Crippen molar-refractivity contribution in [3.05, 3.63) is 18.2 Å². The number of carbonyl (C=O) groups excluding carboxylic acids is 2. The Morgan fingerprint density at radius 1 is 1.10 bits per heavy atom. The summed E-state index contributed by atoms with van der Waals surface area (Å²) >= 11 is 0. The third-order valence-electron chi connectivity index (χ3n) is 2.73. The molecule has 2 amide bonds. The number of carboxylic acids is 2. The van der Waals surface area contributed by atoms with Crippen LogP contribution in [0.4, 0.5) is 26.3 Å². The van der Waals surface area contributed by atoms with Gasteiger partial charge >= 0.3 is 24.3 Å². The van der Waals surface area contributed by atoms with E-state index < -0.39 is 30.3 Å². The van der Waals surface area contributed by atoms with Crippen LogP contribution in [-0.2, 0) is 25.6 Å². The summed E-state index contributed by atoms with van der Waals surface area (Å²) in [6.07, 6.45) is -6.45. The summed E-state index contributed by atoms with van der Waals surface area (Å²) in [6, 6.07) is -0.612. The molecule has 0 radical (unpaired) electrons. The molecular formula is C14H19F6N5O6. The molecule has 0 aliphatic carbocycles. The number of carbonyl (C=O) groups is 4. The molecule has 0 unspecified atom stereocenters. The van der Waals surface area contributed by atoms with Gasteiger partial charge < -0.3 is 31.6 Å². The largest absolute Gasteiger partial charge is 0.490 e. The monoisotopic (exact) mass is 467 g/mol. The van der Waals surface area contributed by atoms with Gasteiger partial charge in [-0.3, -0.25) is 9.59 Å². The molecule has 1 aromatic heterocycles. The van der Waals surface area contributed by atoms with Gasteiger partial charge in [-0.15, -0.1) is 0 Å². The van der Waals surface area contributed by atoms with Crippen LogP contribution in [-0.4, -0.2) is 75.9 Å². The normalized spacial score (nSPS) is 11.6. The number of aromatic nitrogens is 2. The van der Waals surface area contributed by atoms with Gasteiger partial charge in [0.25, 0.3) is 0 Å². The van der Waals surface area contributed by atoms with Crippen LogP contribution in [0.5, 0.6) is 0 Å². The Morgan fingerprint density at radius 2 is 1.55 bits per heavy atom. The molecule has 0 saturated carbocycles. The minimum absolute atomic E-state index is 0.205. The van der Waals surface area contributed by atoms with Crippen molar-refractivity contribution in [1.29, 1.82) is 0 Å². The first-order chi connectivity index (χ1) is 14.1. The molecule has 0 saturated heterocycles. The van der Waals surface area contributed by atoms with Crippen molar-refractivity contribution < 1.29 is 55.7 Å². The number of imidazole rings is 1. The van der Waals surface area contributed by atoms with Gasteiger partial charge in [-0.2, -0.15) is 26.3 Å². The molecule has 0 spiro atoms. The fourth-order valence-electron chi connectivity index (χ4n) is 1.40. The molecule has 1 atom stereocenters. The number of alkyl halides is 6. The van der Waals surface area contributed by atoms with Crippen LogP contribution in [0.1, 0.15) is 12.1 Å². The highest BCUT2D eigenvalue weighted by atomic mass is 19.4. The summed E-state index contributed by atoms with van der Waals surface area (Å²) in [5.41, 5.74) is 6.06. The highest BCUT2D eigenvalue weighted by molar-refractivity contribution is 5.87. The molecule has 11 nitrogen and oxygen atoms in total. The summed E-state index contributed by atoms with van der Waals surface area (Å²) in [5.74, 6) is -5.99. The molecule has 0 aliphatic rings. The number of carboxylic acid groups (broad SMARTS) is 2. The fraction of sp³-hybridized carbons (Fsp3) is 0.500. The SMILES string of the molecule is CNC(=O)[C@H](Cc1cnc[nH]1)NC(=O)CCN.O=C(O)C(F)(F)F.O=C(O)C(F)(F)F. The zero-order valence-electron chi connectivity index (χ0n) is 15.7. The van der Waals surface area contributed by atoms with Crippen molar-refractivity contribution in [1.82, 2.24) is 20.6 Å². The van der Waals surface area contributed by atoms with Crippen molar-refractivity contribution in [2.24, 2.45) is 5.73 Å². The van der Waals surface area contributed by atoms with E-state index in [0.29, 0.717) is 6.42 Å². The van der Waals surface area contributed by atoms with Gasteiger partial charge in [-0.25, -0.2) is 14.6 Å². The summed E-state index contributed by atoms with van der Waals surface area (Å²) in [7, 11) is 1.53. The van der Waals surface area contributed by atoms with E-state index in [0.717, 1.165) is 5.69 Å². The van der Waals surface area contributed by atoms with E-state index >= 15 is 0 Å². The van der Waals surface area contributed by atoms with Crippen LogP contribution in [0.15, 0.2) is 12.5 Å². The number of nitrogens with two attached hydrogens (primary N) is 1. The maximum absolute atomic E-state index is 11.6. The van der Waals surface area contributed by atoms with Crippen LogP contribution >= 0.6 is 0 Å². The van der Waals surface area contributed by atoms with Gasteiger partial charge in [0, 0.05) is 38.3 Å². The quantitative estimate of drug-likeness (QED) is 0.310. The van der Waals surface area contributed by atoms with Crippen LogP contribution in [0.3, 0.4) is 0 Å². The van der Waals surface area contributed by atoms with Gasteiger partial charge in [0.15, 0.2) is 0 Å². The fourth-order valence-corrected chi connectivity index (χ4v) is 1.40. The predicted molar refractivity (Wildman–Crippen MR) is 89.3 cm³/mol. The first kappa shape index (κ1) is 29.8. The summed E-state index contributed by atoms with van der Waals surface area (Å²) < 4.78 is 63.5. The van der Waals surface area contributed by atoms with Crippen molar-refractivity contribution >= 4 is 23.8 Å². The highest BCUT2D eigenvalue weighted by Gasteiger charge is 2.38. The molecule has 0 aromatic carbocycles. The minimum Gasteiger partial charge on any atom is -0.475 e. The Labute approximate surface area is 170 Å². The Balaban J connectivity index is 0. The van der Waals surface area contributed by atoms with Gasteiger partial charge in [0.2, 0.25) is 11.8 Å². The summed E-state index contributed by atoms with van der Waals surface area (Å²) in [5, 5.41) is 19.4. The Hall–Kier alpha value is -3.37.